The first kappa shape index (κ1) is 34.1. The summed E-state index contributed by atoms with van der Waals surface area (Å²) in [5.41, 5.74) is 4.97. The van der Waals surface area contributed by atoms with Gasteiger partial charge in [-0.2, -0.15) is 0 Å². The number of esters is 2. The molecule has 3 N–H and O–H groups in total. The van der Waals surface area contributed by atoms with Crippen molar-refractivity contribution in [3.8, 4) is 33.8 Å². The predicted molar refractivity (Wildman–Crippen MR) is 201 cm³/mol. The van der Waals surface area contributed by atoms with Crippen LogP contribution in [-0.2, 0) is 20.7 Å². The number of benzene rings is 4. The topological polar surface area (TPSA) is 123 Å². The minimum Gasteiger partial charge on any atom is -0.496 e. The molecule has 2 fully saturated rings. The van der Waals surface area contributed by atoms with Gasteiger partial charge in [0.1, 0.15) is 17.1 Å². The third kappa shape index (κ3) is 5.50. The van der Waals surface area contributed by atoms with E-state index < -0.39 is 23.1 Å². The molecule has 0 saturated heterocycles. The van der Waals surface area contributed by atoms with E-state index in [1.165, 1.54) is 7.11 Å². The Kier molecular flexibility index (Phi) is 8.48. The van der Waals surface area contributed by atoms with Gasteiger partial charge in [-0.25, -0.2) is 9.59 Å². The van der Waals surface area contributed by atoms with Gasteiger partial charge in [-0.1, -0.05) is 47.5 Å². The van der Waals surface area contributed by atoms with Crippen LogP contribution in [0.3, 0.4) is 0 Å². The number of fused-ring (bicyclic) bond motifs is 2. The zero-order valence-corrected chi connectivity index (χ0v) is 30.3. The van der Waals surface area contributed by atoms with Crippen LogP contribution in [0, 0.1) is 0 Å². The first-order valence-corrected chi connectivity index (χ1v) is 17.9. The Labute approximate surface area is 309 Å². The molecule has 0 unspecified atom stereocenters. The average Bonchev–Trinajstić information content (AvgIpc) is 3.74. The zero-order valence-electron chi connectivity index (χ0n) is 28.8. The fraction of sp³-hybridized carbons (Fsp3) is 0.268. The second-order valence-electron chi connectivity index (χ2n) is 13.6. The smallest absolute Gasteiger partial charge is 0.341 e. The van der Waals surface area contributed by atoms with Crippen molar-refractivity contribution in [1.29, 1.82) is 0 Å². The lowest BCUT2D eigenvalue weighted by Crippen LogP contribution is -2.39. The number of aromatic amines is 2. The number of hydrogen-bond donors (Lipinski definition) is 3. The number of aliphatic hydroxyl groups is 1. The van der Waals surface area contributed by atoms with E-state index in [9.17, 15) is 14.7 Å². The van der Waals surface area contributed by atoms with Crippen LogP contribution >= 0.6 is 23.2 Å². The second kappa shape index (κ2) is 12.9. The fourth-order valence-corrected chi connectivity index (χ4v) is 8.14. The van der Waals surface area contributed by atoms with Crippen molar-refractivity contribution in [1.82, 2.24) is 9.97 Å². The van der Waals surface area contributed by atoms with Gasteiger partial charge in [-0.15, -0.1) is 0 Å². The predicted octanol–water partition coefficient (Wildman–Crippen LogP) is 9.70. The molecule has 0 atom stereocenters. The lowest BCUT2D eigenvalue weighted by atomic mass is 9.74. The van der Waals surface area contributed by atoms with Gasteiger partial charge in [0.25, 0.3) is 0 Å². The number of H-pyrrole nitrogens is 2. The molecule has 0 radical (unpaired) electrons. The summed E-state index contributed by atoms with van der Waals surface area (Å²) in [4.78, 5) is 32.7. The first-order valence-electron chi connectivity index (χ1n) is 17.1. The molecule has 6 aromatic rings. The Hall–Kier alpha value is -4.96. The molecule has 8 rings (SSSR count). The molecule has 2 aromatic heterocycles. The van der Waals surface area contributed by atoms with Crippen LogP contribution in [0.15, 0.2) is 73.1 Å². The number of halogens is 2. The van der Waals surface area contributed by atoms with Crippen LogP contribution in [-0.4, -0.2) is 48.3 Å². The highest BCUT2D eigenvalue weighted by atomic mass is 35.5. The molecule has 0 amide bonds. The highest BCUT2D eigenvalue weighted by Crippen LogP contribution is 2.50. The van der Waals surface area contributed by atoms with E-state index >= 15 is 0 Å². The van der Waals surface area contributed by atoms with E-state index in [1.54, 1.807) is 38.7 Å². The van der Waals surface area contributed by atoms with Gasteiger partial charge in [0.05, 0.1) is 48.1 Å². The van der Waals surface area contributed by atoms with Gasteiger partial charge in [0.2, 0.25) is 0 Å². The third-order valence-electron chi connectivity index (χ3n) is 10.8. The fourth-order valence-electron chi connectivity index (χ4n) is 7.59. The molecule has 0 aliphatic heterocycles. The minimum absolute atomic E-state index is 0.384. The Morgan fingerprint density at radius 3 is 1.63 bits per heavy atom. The summed E-state index contributed by atoms with van der Waals surface area (Å²) < 4.78 is 23.0. The van der Waals surface area contributed by atoms with Gasteiger partial charge >= 0.3 is 11.9 Å². The van der Waals surface area contributed by atoms with Crippen LogP contribution in [0.4, 0.5) is 0 Å². The maximum atomic E-state index is 14.1. The van der Waals surface area contributed by atoms with Gasteiger partial charge in [-0.05, 0) is 86.1 Å². The molecular weight excluding hydrogens is 703 g/mol. The molecule has 9 nitrogen and oxygen atoms in total. The van der Waals surface area contributed by atoms with Crippen molar-refractivity contribution >= 4 is 56.9 Å². The number of ether oxygens (including phenoxy) is 4. The summed E-state index contributed by atoms with van der Waals surface area (Å²) in [5, 5.41) is 13.4. The molecule has 52 heavy (non-hydrogen) atoms. The molecule has 0 spiro atoms. The lowest BCUT2D eigenvalue weighted by molar-refractivity contribution is -0.0680. The largest absolute Gasteiger partial charge is 0.496 e. The van der Waals surface area contributed by atoms with Crippen molar-refractivity contribution in [3.05, 3.63) is 105 Å². The summed E-state index contributed by atoms with van der Waals surface area (Å²) >= 11 is 13.5. The minimum atomic E-state index is -0.892. The Balaban J connectivity index is 1.11. The first-order chi connectivity index (χ1) is 25.1. The van der Waals surface area contributed by atoms with Gasteiger partial charge in [-0.3, -0.25) is 0 Å². The Morgan fingerprint density at radius 1 is 0.673 bits per heavy atom. The van der Waals surface area contributed by atoms with Crippen LogP contribution in [0.1, 0.15) is 70.4 Å². The van der Waals surface area contributed by atoms with Crippen molar-refractivity contribution in [2.75, 3.05) is 21.3 Å². The summed E-state index contributed by atoms with van der Waals surface area (Å²) in [6.45, 7) is 0. The number of rotatable bonds is 9. The van der Waals surface area contributed by atoms with E-state index in [0.29, 0.717) is 85.7 Å². The van der Waals surface area contributed by atoms with Crippen LogP contribution in [0.5, 0.6) is 11.5 Å². The molecule has 266 valence electrons. The maximum Gasteiger partial charge on any atom is 0.341 e. The second-order valence-corrected chi connectivity index (χ2v) is 14.4. The van der Waals surface area contributed by atoms with Crippen LogP contribution in [0.2, 0.25) is 10.0 Å². The monoisotopic (exact) mass is 738 g/mol. The van der Waals surface area contributed by atoms with Gasteiger partial charge in [0.15, 0.2) is 0 Å². The summed E-state index contributed by atoms with van der Waals surface area (Å²) in [6, 6.07) is 18.7. The van der Waals surface area contributed by atoms with E-state index in [4.69, 9.17) is 42.1 Å². The lowest BCUT2D eigenvalue weighted by Gasteiger charge is -2.42. The van der Waals surface area contributed by atoms with Crippen LogP contribution < -0.4 is 9.47 Å². The van der Waals surface area contributed by atoms with Crippen molar-refractivity contribution in [2.45, 2.75) is 49.7 Å². The zero-order chi connectivity index (χ0) is 36.4. The quantitative estimate of drug-likeness (QED) is 0.126. The number of methoxy groups -OCH3 is 3. The highest BCUT2D eigenvalue weighted by Gasteiger charge is 2.45. The molecule has 0 bridgehead atoms. The van der Waals surface area contributed by atoms with Crippen molar-refractivity contribution in [2.24, 2.45) is 0 Å². The number of aromatic nitrogens is 2. The van der Waals surface area contributed by atoms with Gasteiger partial charge < -0.3 is 34.0 Å². The molecular formula is C41H36Cl2N2O7. The molecule has 11 heteroatoms. The number of hydrogen-bond acceptors (Lipinski definition) is 7. The molecule has 2 aliphatic carbocycles. The summed E-state index contributed by atoms with van der Waals surface area (Å²) in [7, 11) is 4.52. The SMILES string of the molecule is COC(=O)c1c[nH]c2cc(Cl)c(-c3ccc(C4(OC(=O)c5c[nH]c6cc(Cl)c(-c7ccc(C8(O)CCC8)c(OC)c7)cc56)CCC4)c(OC)c3)cc12. The summed E-state index contributed by atoms with van der Waals surface area (Å²) in [5.74, 6) is 0.228. The Bertz CT molecular complexity index is 2400. The third-order valence-corrected chi connectivity index (χ3v) is 11.4. The number of carbonyl (C=O) groups excluding carboxylic acids is 2. The molecule has 4 aromatic carbocycles. The number of carbonyl (C=O) groups is 2. The van der Waals surface area contributed by atoms with Crippen LogP contribution in [0.25, 0.3) is 44.1 Å². The van der Waals surface area contributed by atoms with E-state index in [-0.39, 0.29) is 0 Å². The maximum absolute atomic E-state index is 14.1. The van der Waals surface area contributed by atoms with E-state index in [0.717, 1.165) is 40.7 Å². The Morgan fingerprint density at radius 2 is 1.17 bits per heavy atom. The normalized spacial score (nSPS) is 15.9. The molecule has 2 aliphatic rings. The van der Waals surface area contributed by atoms with E-state index in [2.05, 4.69) is 9.97 Å². The summed E-state index contributed by atoms with van der Waals surface area (Å²) in [6.07, 6.45) is 7.75. The van der Waals surface area contributed by atoms with Crippen molar-refractivity contribution in [3.63, 3.8) is 0 Å². The number of nitrogens with one attached hydrogen (secondary N) is 2. The highest BCUT2D eigenvalue weighted by molar-refractivity contribution is 6.35. The van der Waals surface area contributed by atoms with E-state index in [1.807, 2.05) is 48.5 Å². The standard InChI is InChI=1S/C41H36Cl2N2O7/c1-49-36-14-22(6-8-30(36)40(48)10-4-11-40)25-17-27-29(21-45-35(27)19-33(25)43)39(47)52-41(12-5-13-41)31-9-7-23(15-37(31)50-2)24-16-26-28(38(46)51-3)20-44-34(26)18-32(24)42/h6-9,14-21,44-45,48H,4-5,10-13H2,1-3H3. The van der Waals surface area contributed by atoms with Crippen molar-refractivity contribution < 1.29 is 33.6 Å². The molecule has 2 heterocycles. The van der Waals surface area contributed by atoms with Gasteiger partial charge in [0, 0.05) is 56.5 Å². The molecule has 2 saturated carbocycles. The average molecular weight is 740 g/mol.